The molecule has 194 valence electrons. The summed E-state index contributed by atoms with van der Waals surface area (Å²) in [6.45, 7) is 6.02. The van der Waals surface area contributed by atoms with Gasteiger partial charge in [-0.1, -0.05) is 90.5 Å². The minimum atomic E-state index is -3.52. The molecule has 0 amide bonds. The molecule has 0 atom stereocenters. The van der Waals surface area contributed by atoms with Crippen LogP contribution in [0.15, 0.2) is 90.3 Å². The van der Waals surface area contributed by atoms with Crippen molar-refractivity contribution in [2.75, 3.05) is 31.1 Å². The summed E-state index contributed by atoms with van der Waals surface area (Å²) in [7, 11) is -3.52. The summed E-state index contributed by atoms with van der Waals surface area (Å²) in [5.41, 5.74) is 6.22. The summed E-state index contributed by atoms with van der Waals surface area (Å²) in [6.07, 6.45) is 2.37. The van der Waals surface area contributed by atoms with E-state index in [4.69, 9.17) is 9.97 Å². The van der Waals surface area contributed by atoms with Gasteiger partial charge in [0.1, 0.15) is 5.82 Å². The Balaban J connectivity index is 1.41. The number of nitrogens with zero attached hydrogens (tertiary/aromatic N) is 4. The molecule has 1 fully saturated rings. The van der Waals surface area contributed by atoms with Crippen molar-refractivity contribution < 1.29 is 8.42 Å². The van der Waals surface area contributed by atoms with E-state index >= 15 is 0 Å². The van der Waals surface area contributed by atoms with E-state index in [1.54, 1.807) is 10.4 Å². The average molecular weight is 525 g/mol. The van der Waals surface area contributed by atoms with E-state index in [0.717, 1.165) is 28.2 Å². The Kier molecular flexibility index (Phi) is 7.67. The zero-order valence-electron chi connectivity index (χ0n) is 21.8. The van der Waals surface area contributed by atoms with Gasteiger partial charge < -0.3 is 4.90 Å². The quantitative estimate of drug-likeness (QED) is 0.321. The Hall–Kier alpha value is -3.81. The third-order valence-corrected chi connectivity index (χ3v) is 8.42. The smallest absolute Gasteiger partial charge is 0.236 e. The summed E-state index contributed by atoms with van der Waals surface area (Å²) in [5, 5.41) is 1.31. The average Bonchev–Trinajstić information content (AvgIpc) is 2.94. The molecule has 6 nitrogen and oxygen atoms in total. The predicted molar refractivity (Wildman–Crippen MR) is 154 cm³/mol. The highest BCUT2D eigenvalue weighted by Gasteiger charge is 2.28. The van der Waals surface area contributed by atoms with E-state index in [0.29, 0.717) is 38.4 Å². The van der Waals surface area contributed by atoms with Crippen LogP contribution >= 0.6 is 0 Å². The van der Waals surface area contributed by atoms with Crippen molar-refractivity contribution in [1.82, 2.24) is 14.3 Å². The van der Waals surface area contributed by atoms with Gasteiger partial charge >= 0.3 is 0 Å². The second kappa shape index (κ2) is 11.3. The van der Waals surface area contributed by atoms with Crippen molar-refractivity contribution >= 4 is 21.9 Å². The summed E-state index contributed by atoms with van der Waals surface area (Å²) < 4.78 is 27.6. The monoisotopic (exact) mass is 524 g/mol. The Bertz CT molecular complexity index is 1510. The highest BCUT2D eigenvalue weighted by molar-refractivity contribution is 7.92. The fraction of sp³-hybridized carbons (Fsp3) is 0.226. The van der Waals surface area contributed by atoms with Crippen LogP contribution in [0.5, 0.6) is 0 Å². The molecule has 0 N–H and O–H groups in total. The van der Waals surface area contributed by atoms with Crippen LogP contribution in [0.1, 0.15) is 27.9 Å². The summed E-state index contributed by atoms with van der Waals surface area (Å²) in [5.74, 6) is 1.57. The van der Waals surface area contributed by atoms with E-state index in [1.165, 1.54) is 16.5 Å². The van der Waals surface area contributed by atoms with Crippen LogP contribution in [0.4, 0.5) is 5.82 Å². The minimum absolute atomic E-state index is 0.398. The summed E-state index contributed by atoms with van der Waals surface area (Å²) in [4.78, 5) is 12.1. The molecule has 0 spiro atoms. The number of anilines is 1. The third kappa shape index (κ3) is 6.01. The van der Waals surface area contributed by atoms with Gasteiger partial charge in [0.15, 0.2) is 5.82 Å². The first-order valence-electron chi connectivity index (χ1n) is 12.9. The summed E-state index contributed by atoms with van der Waals surface area (Å²) in [6, 6.07) is 28.0. The summed E-state index contributed by atoms with van der Waals surface area (Å²) >= 11 is 0. The van der Waals surface area contributed by atoms with Crippen molar-refractivity contribution in [3.8, 4) is 11.4 Å². The lowest BCUT2D eigenvalue weighted by Crippen LogP contribution is -2.48. The molecular formula is C31H32N4O2S. The van der Waals surface area contributed by atoms with E-state index < -0.39 is 10.0 Å². The molecule has 5 rings (SSSR count). The van der Waals surface area contributed by atoms with Gasteiger partial charge in [-0.15, -0.1) is 0 Å². The van der Waals surface area contributed by atoms with Gasteiger partial charge in [0.05, 0.1) is 0 Å². The van der Waals surface area contributed by atoms with Crippen LogP contribution < -0.4 is 4.90 Å². The van der Waals surface area contributed by atoms with Gasteiger partial charge in [0.25, 0.3) is 0 Å². The maximum absolute atomic E-state index is 13.0. The molecule has 2 heterocycles. The van der Waals surface area contributed by atoms with Crippen molar-refractivity contribution in [2.45, 2.75) is 20.3 Å². The number of piperazine rings is 1. The fourth-order valence-corrected chi connectivity index (χ4v) is 5.82. The highest BCUT2D eigenvalue weighted by atomic mass is 32.2. The molecule has 0 bridgehead atoms. The van der Waals surface area contributed by atoms with Gasteiger partial charge in [0.2, 0.25) is 10.0 Å². The lowest BCUT2D eigenvalue weighted by molar-refractivity contribution is 0.388. The third-order valence-electron chi connectivity index (χ3n) is 6.86. The van der Waals surface area contributed by atoms with Crippen LogP contribution in [0.3, 0.4) is 0 Å². The molecule has 38 heavy (non-hydrogen) atoms. The zero-order valence-corrected chi connectivity index (χ0v) is 22.6. The van der Waals surface area contributed by atoms with Gasteiger partial charge in [-0.25, -0.2) is 18.4 Å². The van der Waals surface area contributed by atoms with Crippen LogP contribution in [-0.4, -0.2) is 48.9 Å². The molecule has 0 aliphatic carbocycles. The number of aromatic nitrogens is 2. The van der Waals surface area contributed by atoms with E-state index in [1.807, 2.05) is 67.6 Å². The minimum Gasteiger partial charge on any atom is -0.354 e. The normalized spacial score (nSPS) is 14.7. The Morgan fingerprint density at radius 1 is 0.789 bits per heavy atom. The maximum atomic E-state index is 13.0. The molecule has 0 saturated carbocycles. The highest BCUT2D eigenvalue weighted by Crippen LogP contribution is 2.29. The first kappa shape index (κ1) is 25.8. The molecule has 0 unspecified atom stereocenters. The van der Waals surface area contributed by atoms with Crippen LogP contribution in [0.25, 0.3) is 17.5 Å². The lowest BCUT2D eigenvalue weighted by Gasteiger charge is -2.35. The van der Waals surface area contributed by atoms with Crippen molar-refractivity contribution in [2.24, 2.45) is 0 Å². The standard InChI is InChI=1S/C31H32N4O2S/c1-24-13-15-28(16-14-24)30-32-25(2)29(23-27-11-7-4-8-12-27)31(33-30)34-18-20-35(21-19-34)38(36,37)22-17-26-9-5-3-6-10-26/h3-17,22H,18-21,23H2,1-2H3/b22-17+. The van der Waals surface area contributed by atoms with E-state index in [-0.39, 0.29) is 0 Å². The van der Waals surface area contributed by atoms with Crippen LogP contribution in [0, 0.1) is 13.8 Å². The topological polar surface area (TPSA) is 66.4 Å². The van der Waals surface area contributed by atoms with Gasteiger partial charge in [-0.05, 0) is 31.1 Å². The van der Waals surface area contributed by atoms with E-state index in [2.05, 4.69) is 36.1 Å². The predicted octanol–water partition coefficient (Wildman–Crippen LogP) is 5.47. The van der Waals surface area contributed by atoms with Crippen LogP contribution in [-0.2, 0) is 16.4 Å². The Morgan fingerprint density at radius 2 is 1.42 bits per heavy atom. The molecule has 0 radical (unpaired) electrons. The first-order chi connectivity index (χ1) is 18.4. The number of hydrogen-bond acceptors (Lipinski definition) is 5. The van der Waals surface area contributed by atoms with Crippen molar-refractivity contribution in [3.05, 3.63) is 118 Å². The molecule has 1 aliphatic heterocycles. The molecule has 7 heteroatoms. The van der Waals surface area contributed by atoms with Crippen molar-refractivity contribution in [1.29, 1.82) is 0 Å². The second-order valence-electron chi connectivity index (χ2n) is 9.61. The number of rotatable bonds is 7. The number of hydrogen-bond donors (Lipinski definition) is 0. The van der Waals surface area contributed by atoms with Gasteiger partial charge in [-0.3, -0.25) is 0 Å². The lowest BCUT2D eigenvalue weighted by atomic mass is 10.0. The Morgan fingerprint density at radius 3 is 2.08 bits per heavy atom. The number of aryl methyl sites for hydroxylation is 2. The molecule has 3 aromatic carbocycles. The fourth-order valence-electron chi connectivity index (χ4n) is 4.65. The van der Waals surface area contributed by atoms with Crippen molar-refractivity contribution in [3.63, 3.8) is 0 Å². The number of sulfonamides is 1. The molecule has 1 aromatic heterocycles. The molecule has 1 saturated heterocycles. The van der Waals surface area contributed by atoms with Gasteiger partial charge in [0, 0.05) is 54.8 Å². The van der Waals surface area contributed by atoms with E-state index in [9.17, 15) is 8.42 Å². The number of benzene rings is 3. The SMILES string of the molecule is Cc1ccc(-c2nc(C)c(Cc3ccccc3)c(N3CCN(S(=O)(=O)/C=C/c4ccccc4)CC3)n2)cc1. The Labute approximate surface area is 225 Å². The first-order valence-corrected chi connectivity index (χ1v) is 14.4. The molecule has 1 aliphatic rings. The molecular weight excluding hydrogens is 492 g/mol. The maximum Gasteiger partial charge on any atom is 0.236 e. The van der Waals surface area contributed by atoms with Crippen LogP contribution in [0.2, 0.25) is 0 Å². The largest absolute Gasteiger partial charge is 0.354 e. The zero-order chi connectivity index (χ0) is 26.5. The molecule has 4 aromatic rings. The van der Waals surface area contributed by atoms with Gasteiger partial charge in [-0.2, -0.15) is 4.31 Å². The second-order valence-corrected chi connectivity index (χ2v) is 11.4.